The zero-order valence-electron chi connectivity index (χ0n) is 16.7. The number of benzene rings is 1. The maximum absolute atomic E-state index is 11.4. The van der Waals surface area contributed by atoms with Crippen LogP contribution in [0.2, 0.25) is 5.28 Å². The molecule has 1 aromatic carbocycles. The van der Waals surface area contributed by atoms with E-state index in [9.17, 15) is 4.79 Å². The summed E-state index contributed by atoms with van der Waals surface area (Å²) in [5.41, 5.74) is 1.91. The van der Waals surface area contributed by atoms with E-state index in [0.717, 1.165) is 37.8 Å². The molecule has 150 valence electrons. The third kappa shape index (κ3) is 4.13. The highest BCUT2D eigenvalue weighted by Crippen LogP contribution is 2.44. The number of carbonyl (C=O) groups is 1. The Morgan fingerprint density at radius 1 is 1.07 bits per heavy atom. The standard InChI is InChI=1S/C21H28ClN5O/c1-26(2)21(17-7-5-4-6-8-17)11-9-20(10-12-21,25-16-28)15-27(3)18-13-23-19(22)24-14-18/h4-8,13-14,16H,9-12,15H2,1-3H3,(H,25,28). The van der Waals surface area contributed by atoms with E-state index < -0.39 is 0 Å². The van der Waals surface area contributed by atoms with Crippen LogP contribution in [0.1, 0.15) is 31.2 Å². The number of hydrogen-bond acceptors (Lipinski definition) is 5. The van der Waals surface area contributed by atoms with E-state index in [4.69, 9.17) is 11.6 Å². The minimum atomic E-state index is -0.287. The lowest BCUT2D eigenvalue weighted by atomic mass is 9.68. The normalized spacial score (nSPS) is 24.8. The van der Waals surface area contributed by atoms with Gasteiger partial charge >= 0.3 is 0 Å². The first-order valence-corrected chi connectivity index (χ1v) is 9.92. The van der Waals surface area contributed by atoms with Crippen LogP contribution in [0, 0.1) is 0 Å². The topological polar surface area (TPSA) is 61.4 Å². The number of carbonyl (C=O) groups excluding carboxylic acids is 1. The van der Waals surface area contributed by atoms with Gasteiger partial charge in [0, 0.05) is 19.1 Å². The molecule has 1 saturated carbocycles. The van der Waals surface area contributed by atoms with Gasteiger partial charge in [-0.25, -0.2) is 9.97 Å². The van der Waals surface area contributed by atoms with Crippen LogP contribution in [0.3, 0.4) is 0 Å². The number of hydrogen-bond donors (Lipinski definition) is 1. The molecular weight excluding hydrogens is 374 g/mol. The Hall–Kier alpha value is -2.18. The monoisotopic (exact) mass is 401 g/mol. The summed E-state index contributed by atoms with van der Waals surface area (Å²) in [5, 5.41) is 3.36. The number of nitrogens with zero attached hydrogens (tertiary/aromatic N) is 4. The van der Waals surface area contributed by atoms with Gasteiger partial charge in [0.2, 0.25) is 11.7 Å². The summed E-state index contributed by atoms with van der Waals surface area (Å²) in [6, 6.07) is 10.7. The lowest BCUT2D eigenvalue weighted by Crippen LogP contribution is -2.58. The van der Waals surface area contributed by atoms with Crippen LogP contribution < -0.4 is 10.2 Å². The predicted molar refractivity (Wildman–Crippen MR) is 113 cm³/mol. The number of nitrogens with one attached hydrogen (secondary N) is 1. The molecule has 0 unspecified atom stereocenters. The molecule has 0 radical (unpaired) electrons. The van der Waals surface area contributed by atoms with Gasteiger partial charge in [-0.1, -0.05) is 30.3 Å². The maximum atomic E-state index is 11.4. The van der Waals surface area contributed by atoms with E-state index >= 15 is 0 Å². The van der Waals surface area contributed by atoms with Crippen LogP contribution >= 0.6 is 11.6 Å². The Morgan fingerprint density at radius 2 is 1.68 bits per heavy atom. The average molecular weight is 402 g/mol. The van der Waals surface area contributed by atoms with Crippen molar-refractivity contribution in [3.05, 3.63) is 53.6 Å². The van der Waals surface area contributed by atoms with Gasteiger partial charge in [0.1, 0.15) is 0 Å². The molecular formula is C21H28ClN5O. The van der Waals surface area contributed by atoms with Gasteiger partial charge in [0.25, 0.3) is 0 Å². The van der Waals surface area contributed by atoms with Crippen molar-refractivity contribution < 1.29 is 4.79 Å². The summed E-state index contributed by atoms with van der Waals surface area (Å²) in [7, 11) is 6.28. The van der Waals surface area contributed by atoms with Gasteiger partial charge in [-0.3, -0.25) is 9.69 Å². The fourth-order valence-electron chi connectivity index (χ4n) is 4.41. The Bertz CT molecular complexity index is 773. The fraction of sp³-hybridized carbons (Fsp3) is 0.476. The van der Waals surface area contributed by atoms with Crippen molar-refractivity contribution in [1.82, 2.24) is 20.2 Å². The van der Waals surface area contributed by atoms with Gasteiger partial charge in [-0.2, -0.15) is 0 Å². The Balaban J connectivity index is 1.80. The average Bonchev–Trinajstić information content (AvgIpc) is 2.70. The molecule has 6 nitrogen and oxygen atoms in total. The van der Waals surface area contributed by atoms with Crippen molar-refractivity contribution in [2.45, 2.75) is 36.8 Å². The second kappa shape index (κ2) is 8.45. The molecule has 7 heteroatoms. The van der Waals surface area contributed by atoms with Crippen molar-refractivity contribution in [2.75, 3.05) is 32.6 Å². The zero-order valence-corrected chi connectivity index (χ0v) is 17.5. The summed E-state index contributed by atoms with van der Waals surface area (Å²) in [6.07, 6.45) is 7.96. The van der Waals surface area contributed by atoms with Crippen LogP contribution in [0.4, 0.5) is 5.69 Å². The Kier molecular flexibility index (Phi) is 6.20. The SMILES string of the molecule is CN(CC1(NC=O)CCC(c2ccccc2)(N(C)C)CC1)c1cnc(Cl)nc1. The van der Waals surface area contributed by atoms with E-state index in [2.05, 4.69) is 69.5 Å². The maximum Gasteiger partial charge on any atom is 0.222 e. The van der Waals surface area contributed by atoms with Gasteiger partial charge in [0.15, 0.2) is 0 Å². The van der Waals surface area contributed by atoms with Crippen molar-refractivity contribution in [3.63, 3.8) is 0 Å². The van der Waals surface area contributed by atoms with Crippen LogP contribution in [0.5, 0.6) is 0 Å². The van der Waals surface area contributed by atoms with Crippen molar-refractivity contribution >= 4 is 23.7 Å². The third-order valence-corrected chi connectivity index (χ3v) is 6.35. The smallest absolute Gasteiger partial charge is 0.222 e. The molecule has 2 aromatic rings. The minimum absolute atomic E-state index is 0.0166. The molecule has 1 aliphatic rings. The van der Waals surface area contributed by atoms with Crippen LogP contribution in [0.15, 0.2) is 42.7 Å². The second-order valence-corrected chi connectivity index (χ2v) is 8.24. The number of anilines is 1. The first-order valence-electron chi connectivity index (χ1n) is 9.54. The largest absolute Gasteiger partial charge is 0.370 e. The minimum Gasteiger partial charge on any atom is -0.370 e. The highest BCUT2D eigenvalue weighted by molar-refractivity contribution is 6.28. The van der Waals surface area contributed by atoms with Crippen molar-refractivity contribution in [2.24, 2.45) is 0 Å². The number of rotatable bonds is 7. The molecule has 0 spiro atoms. The molecule has 1 amide bonds. The molecule has 0 saturated heterocycles. The summed E-state index contributed by atoms with van der Waals surface area (Å²) >= 11 is 5.80. The van der Waals surface area contributed by atoms with Gasteiger partial charge in [-0.05, 0) is 56.9 Å². The first kappa shape index (κ1) is 20.6. The second-order valence-electron chi connectivity index (χ2n) is 7.90. The predicted octanol–water partition coefficient (Wildman–Crippen LogP) is 3.08. The molecule has 28 heavy (non-hydrogen) atoms. The molecule has 0 atom stereocenters. The van der Waals surface area contributed by atoms with E-state index in [1.54, 1.807) is 12.4 Å². The molecule has 1 aliphatic carbocycles. The van der Waals surface area contributed by atoms with E-state index in [0.29, 0.717) is 6.54 Å². The molecule has 1 heterocycles. The number of halogens is 1. The van der Waals surface area contributed by atoms with Crippen molar-refractivity contribution in [3.8, 4) is 0 Å². The van der Waals surface area contributed by atoms with Crippen LogP contribution in [0.25, 0.3) is 0 Å². The Labute approximate surface area is 171 Å². The van der Waals surface area contributed by atoms with E-state index in [1.807, 2.05) is 7.05 Å². The molecule has 1 N–H and O–H groups in total. The van der Waals surface area contributed by atoms with E-state index in [1.165, 1.54) is 5.56 Å². The highest BCUT2D eigenvalue weighted by atomic mass is 35.5. The highest BCUT2D eigenvalue weighted by Gasteiger charge is 2.45. The molecule has 3 rings (SSSR count). The van der Waals surface area contributed by atoms with Crippen LogP contribution in [-0.2, 0) is 10.3 Å². The quantitative estimate of drug-likeness (QED) is 0.570. The summed E-state index contributed by atoms with van der Waals surface area (Å²) < 4.78 is 0. The first-order chi connectivity index (χ1) is 13.4. The summed E-state index contributed by atoms with van der Waals surface area (Å²) in [6.45, 7) is 0.690. The van der Waals surface area contributed by atoms with E-state index in [-0.39, 0.29) is 16.4 Å². The molecule has 1 aromatic heterocycles. The van der Waals surface area contributed by atoms with Crippen molar-refractivity contribution in [1.29, 1.82) is 0 Å². The molecule has 0 aliphatic heterocycles. The Morgan fingerprint density at radius 3 is 2.21 bits per heavy atom. The number of amides is 1. The molecule has 0 bridgehead atoms. The van der Waals surface area contributed by atoms with Gasteiger partial charge < -0.3 is 10.2 Å². The summed E-state index contributed by atoms with van der Waals surface area (Å²) in [5.74, 6) is 0. The number of likely N-dealkylation sites (N-methyl/N-ethyl adjacent to an activating group) is 1. The lowest BCUT2D eigenvalue weighted by Gasteiger charge is -2.50. The summed E-state index contributed by atoms with van der Waals surface area (Å²) in [4.78, 5) is 24.0. The van der Waals surface area contributed by atoms with Gasteiger partial charge in [-0.15, -0.1) is 0 Å². The molecule has 1 fully saturated rings. The zero-order chi connectivity index (χ0) is 20.2. The lowest BCUT2D eigenvalue weighted by molar-refractivity contribution is -0.112. The third-order valence-electron chi connectivity index (χ3n) is 6.15. The fourth-order valence-corrected chi connectivity index (χ4v) is 4.50. The van der Waals surface area contributed by atoms with Gasteiger partial charge in [0.05, 0.1) is 23.6 Å². The van der Waals surface area contributed by atoms with Crippen LogP contribution in [-0.4, -0.2) is 54.5 Å². The number of aromatic nitrogens is 2.